The summed E-state index contributed by atoms with van der Waals surface area (Å²) in [6.45, 7) is 2.01. The Labute approximate surface area is 232 Å². The number of benzene rings is 3. The zero-order valence-corrected chi connectivity index (χ0v) is 22.6. The largest absolute Gasteiger partial charge is 0.503 e. The number of aromatic hydroxyl groups is 1. The summed E-state index contributed by atoms with van der Waals surface area (Å²) in [5.74, 6) is -1.91. The number of halogens is 1. The molecular formula is C32H30ClNO5. The number of esters is 1. The van der Waals surface area contributed by atoms with Crippen LogP contribution in [0.2, 0.25) is 5.02 Å². The third kappa shape index (κ3) is 5.43. The van der Waals surface area contributed by atoms with Crippen molar-refractivity contribution >= 4 is 23.4 Å². The first-order valence-electron chi connectivity index (χ1n) is 12.9. The molecule has 1 heterocycles. The van der Waals surface area contributed by atoms with Gasteiger partial charge in [-0.15, -0.1) is 0 Å². The maximum atomic E-state index is 13.8. The van der Waals surface area contributed by atoms with Crippen molar-refractivity contribution < 1.29 is 24.2 Å². The SMILES string of the molecule is COc1cc(C2C(C(=O)OCCc3ccccc3)=C(C)NC3=CC(c4ccccc4)CC(=O)C32)cc(Cl)c1O. The number of phenolic OH excluding ortho intramolecular Hbond substituents is 1. The average molecular weight is 544 g/mol. The van der Waals surface area contributed by atoms with Gasteiger partial charge in [0.05, 0.1) is 30.2 Å². The number of methoxy groups -OCH3 is 1. The Hall–Kier alpha value is -4.03. The number of Topliss-reactive ketones (excluding diaryl/α,β-unsaturated/α-hetero) is 1. The number of allylic oxidation sites excluding steroid dienone is 3. The molecule has 0 bridgehead atoms. The molecule has 3 atom stereocenters. The highest BCUT2D eigenvalue weighted by Gasteiger charge is 2.45. The van der Waals surface area contributed by atoms with E-state index in [4.69, 9.17) is 21.1 Å². The minimum atomic E-state index is -0.669. The van der Waals surface area contributed by atoms with Crippen LogP contribution in [-0.4, -0.2) is 30.6 Å². The van der Waals surface area contributed by atoms with E-state index in [9.17, 15) is 14.7 Å². The predicted molar refractivity (Wildman–Crippen MR) is 150 cm³/mol. The second-order valence-corrected chi connectivity index (χ2v) is 10.3. The van der Waals surface area contributed by atoms with Crippen LogP contribution < -0.4 is 10.1 Å². The smallest absolute Gasteiger partial charge is 0.336 e. The number of hydrogen-bond donors (Lipinski definition) is 2. The van der Waals surface area contributed by atoms with Crippen LogP contribution in [0, 0.1) is 5.92 Å². The molecule has 3 aromatic rings. The number of phenols is 1. The number of carbonyl (C=O) groups excluding carboxylic acids is 2. The first-order valence-corrected chi connectivity index (χ1v) is 13.3. The molecule has 3 aromatic carbocycles. The van der Waals surface area contributed by atoms with Gasteiger partial charge in [0.25, 0.3) is 0 Å². The van der Waals surface area contributed by atoms with Crippen LogP contribution in [0.3, 0.4) is 0 Å². The number of rotatable bonds is 7. The minimum absolute atomic E-state index is 0.00380. The molecule has 3 unspecified atom stereocenters. The van der Waals surface area contributed by atoms with Crippen molar-refractivity contribution in [2.45, 2.75) is 31.6 Å². The average Bonchev–Trinajstić information content (AvgIpc) is 2.94. The molecule has 7 heteroatoms. The van der Waals surface area contributed by atoms with Crippen molar-refractivity contribution in [2.24, 2.45) is 5.92 Å². The predicted octanol–water partition coefficient (Wildman–Crippen LogP) is 6.06. The Kier molecular flexibility index (Phi) is 7.75. The Bertz CT molecular complexity index is 1450. The molecule has 0 saturated carbocycles. The van der Waals surface area contributed by atoms with Crippen LogP contribution >= 0.6 is 11.6 Å². The van der Waals surface area contributed by atoms with Gasteiger partial charge in [-0.25, -0.2) is 4.79 Å². The Morgan fingerprint density at radius 1 is 1.03 bits per heavy atom. The van der Waals surface area contributed by atoms with Crippen LogP contribution in [0.1, 0.15) is 41.9 Å². The number of hydrogen-bond acceptors (Lipinski definition) is 6. The first kappa shape index (κ1) is 26.6. The lowest BCUT2D eigenvalue weighted by molar-refractivity contribution is -0.139. The van der Waals surface area contributed by atoms with Gasteiger partial charge in [-0.2, -0.15) is 0 Å². The molecule has 0 fully saturated rings. The topological polar surface area (TPSA) is 84.9 Å². The van der Waals surface area contributed by atoms with Crippen LogP contribution in [-0.2, 0) is 20.7 Å². The van der Waals surface area contributed by atoms with Crippen LogP contribution in [0.5, 0.6) is 11.5 Å². The second-order valence-electron chi connectivity index (χ2n) is 9.85. The monoisotopic (exact) mass is 543 g/mol. The Morgan fingerprint density at radius 3 is 2.41 bits per heavy atom. The Morgan fingerprint density at radius 2 is 1.72 bits per heavy atom. The summed E-state index contributed by atoms with van der Waals surface area (Å²) in [6, 6.07) is 22.9. The maximum Gasteiger partial charge on any atom is 0.336 e. The van der Waals surface area contributed by atoms with Gasteiger partial charge in [-0.1, -0.05) is 78.3 Å². The first-order chi connectivity index (χ1) is 18.9. The summed E-state index contributed by atoms with van der Waals surface area (Å²) < 4.78 is 11.1. The number of nitrogens with one attached hydrogen (secondary N) is 1. The zero-order chi connectivity index (χ0) is 27.5. The fraction of sp³-hybridized carbons (Fsp3) is 0.250. The third-order valence-corrected chi connectivity index (χ3v) is 7.70. The number of fused-ring (bicyclic) bond motifs is 1. The van der Waals surface area contributed by atoms with Gasteiger partial charge in [0, 0.05) is 36.1 Å². The quantitative estimate of drug-likeness (QED) is 0.352. The molecule has 0 aromatic heterocycles. The van der Waals surface area contributed by atoms with E-state index >= 15 is 0 Å². The van der Waals surface area contributed by atoms with Crippen molar-refractivity contribution in [1.82, 2.24) is 5.32 Å². The van der Waals surface area contributed by atoms with Gasteiger partial charge < -0.3 is 19.9 Å². The zero-order valence-electron chi connectivity index (χ0n) is 21.8. The van der Waals surface area contributed by atoms with Gasteiger partial charge in [0.1, 0.15) is 5.78 Å². The van der Waals surface area contributed by atoms with E-state index in [0.717, 1.165) is 16.8 Å². The molecule has 0 saturated heterocycles. The summed E-state index contributed by atoms with van der Waals surface area (Å²) >= 11 is 6.37. The van der Waals surface area contributed by atoms with Gasteiger partial charge in [0.15, 0.2) is 11.5 Å². The summed E-state index contributed by atoms with van der Waals surface area (Å²) in [7, 11) is 1.43. The van der Waals surface area contributed by atoms with Gasteiger partial charge in [0.2, 0.25) is 0 Å². The van der Waals surface area contributed by atoms with E-state index in [-0.39, 0.29) is 34.8 Å². The molecule has 1 aliphatic heterocycles. The lowest BCUT2D eigenvalue weighted by Gasteiger charge is -2.39. The third-order valence-electron chi connectivity index (χ3n) is 7.41. The van der Waals surface area contributed by atoms with E-state index in [1.54, 1.807) is 12.1 Å². The van der Waals surface area contributed by atoms with E-state index in [2.05, 4.69) is 11.4 Å². The maximum absolute atomic E-state index is 13.8. The molecule has 5 rings (SSSR count). The molecular weight excluding hydrogens is 514 g/mol. The summed E-state index contributed by atoms with van der Waals surface area (Å²) in [5, 5.41) is 13.8. The second kappa shape index (κ2) is 11.4. The highest BCUT2D eigenvalue weighted by Crippen LogP contribution is 2.48. The molecule has 2 N–H and O–H groups in total. The Balaban J connectivity index is 1.54. The summed E-state index contributed by atoms with van der Waals surface area (Å²) in [5.41, 5.74) is 4.41. The molecule has 1 aliphatic carbocycles. The lowest BCUT2D eigenvalue weighted by Crippen LogP contribution is -2.42. The fourth-order valence-corrected chi connectivity index (χ4v) is 5.75. The summed E-state index contributed by atoms with van der Waals surface area (Å²) in [4.78, 5) is 27.4. The lowest BCUT2D eigenvalue weighted by atomic mass is 9.68. The van der Waals surface area contributed by atoms with Gasteiger partial charge in [-0.05, 0) is 35.7 Å². The standard InChI is InChI=1S/C32H30ClNO5/c1-19-28(32(37)39-14-13-20-9-5-3-6-10-20)29(23-15-24(33)31(36)27(18-23)38-2)30-25(34-19)16-22(17-26(30)35)21-11-7-4-8-12-21/h3-12,15-16,18,22,29-30,34,36H,13-14,17H2,1-2H3. The fourth-order valence-electron chi connectivity index (χ4n) is 5.53. The van der Waals surface area contributed by atoms with Crippen molar-refractivity contribution in [3.05, 3.63) is 118 Å². The molecule has 0 spiro atoms. The van der Waals surface area contributed by atoms with Crippen LogP contribution in [0.4, 0.5) is 0 Å². The van der Waals surface area contributed by atoms with E-state index in [1.165, 1.54) is 7.11 Å². The van der Waals surface area contributed by atoms with Gasteiger partial charge in [-0.3, -0.25) is 4.79 Å². The molecule has 39 heavy (non-hydrogen) atoms. The van der Waals surface area contributed by atoms with Crippen LogP contribution in [0.15, 0.2) is 95.8 Å². The van der Waals surface area contributed by atoms with E-state index < -0.39 is 17.8 Å². The molecule has 6 nitrogen and oxygen atoms in total. The molecule has 0 radical (unpaired) electrons. The molecule has 0 amide bonds. The van der Waals surface area contributed by atoms with Crippen molar-refractivity contribution in [1.29, 1.82) is 0 Å². The highest BCUT2D eigenvalue weighted by molar-refractivity contribution is 6.32. The van der Waals surface area contributed by atoms with E-state index in [0.29, 0.717) is 29.7 Å². The number of ether oxygens (including phenoxy) is 2. The minimum Gasteiger partial charge on any atom is -0.503 e. The van der Waals surface area contributed by atoms with Crippen molar-refractivity contribution in [3.63, 3.8) is 0 Å². The highest BCUT2D eigenvalue weighted by atomic mass is 35.5. The summed E-state index contributed by atoms with van der Waals surface area (Å²) in [6.07, 6.45) is 2.95. The number of ketones is 1. The molecule has 2 aliphatic rings. The number of carbonyl (C=O) groups is 2. The molecule has 200 valence electrons. The van der Waals surface area contributed by atoms with Crippen molar-refractivity contribution in [3.8, 4) is 11.5 Å². The van der Waals surface area contributed by atoms with Gasteiger partial charge >= 0.3 is 5.97 Å². The van der Waals surface area contributed by atoms with Crippen molar-refractivity contribution in [2.75, 3.05) is 13.7 Å². The normalized spacial score (nSPS) is 20.5. The van der Waals surface area contributed by atoms with E-state index in [1.807, 2.05) is 67.6 Å². The van der Waals surface area contributed by atoms with Crippen LogP contribution in [0.25, 0.3) is 0 Å².